The van der Waals surface area contributed by atoms with Crippen LogP contribution in [0.4, 0.5) is 14.9 Å². The molecule has 0 spiro atoms. The van der Waals surface area contributed by atoms with E-state index in [1.807, 2.05) is 5.32 Å². The standard InChI is InChI=1S/C12H16FN3O3/c1-6-4-10(8(13)5-9(6)14)19-7(2)11(17)16-12(18)15-3/h4-5,7H,14H2,1-3H3,(H2,15,16,17,18). The van der Waals surface area contributed by atoms with Gasteiger partial charge in [-0.15, -0.1) is 0 Å². The second-order valence-electron chi connectivity index (χ2n) is 3.97. The molecule has 0 aliphatic heterocycles. The quantitative estimate of drug-likeness (QED) is 0.712. The minimum atomic E-state index is -1.02. The molecule has 7 heteroatoms. The van der Waals surface area contributed by atoms with Gasteiger partial charge in [-0.05, 0) is 25.5 Å². The van der Waals surface area contributed by atoms with E-state index >= 15 is 0 Å². The van der Waals surface area contributed by atoms with Crippen LogP contribution in [0.5, 0.6) is 5.75 Å². The smallest absolute Gasteiger partial charge is 0.321 e. The van der Waals surface area contributed by atoms with Gasteiger partial charge in [-0.2, -0.15) is 0 Å². The average Bonchev–Trinajstić information content (AvgIpc) is 2.35. The molecule has 104 valence electrons. The first-order valence-corrected chi connectivity index (χ1v) is 5.60. The fourth-order valence-corrected chi connectivity index (χ4v) is 1.28. The van der Waals surface area contributed by atoms with Gasteiger partial charge in [-0.1, -0.05) is 0 Å². The van der Waals surface area contributed by atoms with E-state index < -0.39 is 23.9 Å². The van der Waals surface area contributed by atoms with Crippen LogP contribution < -0.4 is 21.1 Å². The zero-order valence-corrected chi connectivity index (χ0v) is 10.9. The summed E-state index contributed by atoms with van der Waals surface area (Å²) in [6.07, 6.45) is -1.02. The number of aryl methyl sites for hydroxylation is 1. The van der Waals surface area contributed by atoms with E-state index in [-0.39, 0.29) is 5.75 Å². The molecule has 1 aromatic carbocycles. The number of imide groups is 1. The van der Waals surface area contributed by atoms with Crippen molar-refractivity contribution in [2.75, 3.05) is 12.8 Å². The van der Waals surface area contributed by atoms with Crippen molar-refractivity contribution in [2.24, 2.45) is 0 Å². The summed E-state index contributed by atoms with van der Waals surface area (Å²) in [6, 6.07) is 1.86. The molecule has 19 heavy (non-hydrogen) atoms. The Morgan fingerprint density at radius 2 is 2.05 bits per heavy atom. The second kappa shape index (κ2) is 6.03. The maximum Gasteiger partial charge on any atom is 0.321 e. The minimum Gasteiger partial charge on any atom is -0.478 e. The fraction of sp³-hybridized carbons (Fsp3) is 0.333. The number of benzene rings is 1. The van der Waals surface area contributed by atoms with Crippen molar-refractivity contribution in [2.45, 2.75) is 20.0 Å². The molecule has 0 radical (unpaired) electrons. The van der Waals surface area contributed by atoms with E-state index in [9.17, 15) is 14.0 Å². The van der Waals surface area contributed by atoms with Crippen molar-refractivity contribution in [3.05, 3.63) is 23.5 Å². The molecule has 1 unspecified atom stereocenters. The van der Waals surface area contributed by atoms with Gasteiger partial charge >= 0.3 is 6.03 Å². The van der Waals surface area contributed by atoms with Gasteiger partial charge < -0.3 is 15.8 Å². The largest absolute Gasteiger partial charge is 0.478 e. The molecule has 3 amide bonds. The van der Waals surface area contributed by atoms with Crippen LogP contribution in [0.3, 0.4) is 0 Å². The average molecular weight is 269 g/mol. The Morgan fingerprint density at radius 1 is 1.42 bits per heavy atom. The summed E-state index contributed by atoms with van der Waals surface area (Å²) >= 11 is 0. The molecule has 0 aromatic heterocycles. The Bertz CT molecular complexity index is 505. The molecule has 1 atom stereocenters. The number of hydrogen-bond acceptors (Lipinski definition) is 4. The second-order valence-corrected chi connectivity index (χ2v) is 3.97. The lowest BCUT2D eigenvalue weighted by atomic mass is 10.2. The predicted octanol–water partition coefficient (Wildman–Crippen LogP) is 0.939. The molecule has 0 bridgehead atoms. The topological polar surface area (TPSA) is 93.5 Å². The molecule has 0 aliphatic carbocycles. The summed E-state index contributed by atoms with van der Waals surface area (Å²) in [5.74, 6) is -1.43. The van der Waals surface area contributed by atoms with E-state index in [0.717, 1.165) is 6.07 Å². The fourth-order valence-electron chi connectivity index (χ4n) is 1.28. The number of nitrogen functional groups attached to an aromatic ring is 1. The SMILES string of the molecule is CNC(=O)NC(=O)C(C)Oc1cc(C)c(N)cc1F. The maximum absolute atomic E-state index is 13.6. The molecule has 0 saturated heterocycles. The zero-order valence-electron chi connectivity index (χ0n) is 10.9. The van der Waals surface area contributed by atoms with Crippen molar-refractivity contribution in [1.82, 2.24) is 10.6 Å². The van der Waals surface area contributed by atoms with Gasteiger partial charge in [-0.3, -0.25) is 10.1 Å². The molecule has 4 N–H and O–H groups in total. The van der Waals surface area contributed by atoms with Gasteiger partial charge in [0.15, 0.2) is 17.7 Å². The molecule has 1 rings (SSSR count). The number of hydrogen-bond donors (Lipinski definition) is 3. The Kier molecular flexibility index (Phi) is 4.68. The van der Waals surface area contributed by atoms with Crippen molar-refractivity contribution in [3.63, 3.8) is 0 Å². The van der Waals surface area contributed by atoms with E-state index in [4.69, 9.17) is 10.5 Å². The third kappa shape index (κ3) is 3.84. The summed E-state index contributed by atoms with van der Waals surface area (Å²) in [5, 5.41) is 4.26. The number of nitrogens with one attached hydrogen (secondary N) is 2. The van der Waals surface area contributed by atoms with E-state index in [1.54, 1.807) is 6.92 Å². The summed E-state index contributed by atoms with van der Waals surface area (Å²) in [6.45, 7) is 3.10. The molecule has 0 aliphatic rings. The molecular formula is C12H16FN3O3. The Balaban J connectivity index is 2.77. The first-order valence-electron chi connectivity index (χ1n) is 5.60. The molecule has 0 heterocycles. The van der Waals surface area contributed by atoms with Crippen LogP contribution in [0.2, 0.25) is 0 Å². The van der Waals surface area contributed by atoms with Crippen LogP contribution in [0.1, 0.15) is 12.5 Å². The van der Waals surface area contributed by atoms with Gasteiger partial charge in [-0.25, -0.2) is 9.18 Å². The van der Waals surface area contributed by atoms with Crippen molar-refractivity contribution in [3.8, 4) is 5.75 Å². The normalized spacial score (nSPS) is 11.6. The van der Waals surface area contributed by atoms with Crippen LogP contribution in [0, 0.1) is 12.7 Å². The third-order valence-corrected chi connectivity index (χ3v) is 2.46. The molecule has 0 saturated carbocycles. The van der Waals surface area contributed by atoms with Crippen LogP contribution in [0.15, 0.2) is 12.1 Å². The molecule has 1 aromatic rings. The lowest BCUT2D eigenvalue weighted by Gasteiger charge is -2.15. The summed E-state index contributed by atoms with van der Waals surface area (Å²) in [4.78, 5) is 22.5. The number of rotatable bonds is 3. The first-order chi connectivity index (χ1) is 8.85. The summed E-state index contributed by atoms with van der Waals surface area (Å²) in [5.41, 5.74) is 6.47. The first kappa shape index (κ1) is 14.7. The van der Waals surface area contributed by atoms with E-state index in [0.29, 0.717) is 11.3 Å². The Morgan fingerprint density at radius 3 is 2.63 bits per heavy atom. The molecular weight excluding hydrogens is 253 g/mol. The molecule has 0 fully saturated rings. The van der Waals surface area contributed by atoms with Crippen LogP contribution in [-0.2, 0) is 4.79 Å². The number of urea groups is 1. The minimum absolute atomic E-state index is 0.0914. The monoisotopic (exact) mass is 269 g/mol. The van der Waals surface area contributed by atoms with E-state index in [2.05, 4.69) is 5.32 Å². The number of nitrogens with two attached hydrogens (primary N) is 1. The number of halogens is 1. The highest BCUT2D eigenvalue weighted by molar-refractivity contribution is 5.96. The number of amides is 3. The lowest BCUT2D eigenvalue weighted by Crippen LogP contribution is -2.44. The van der Waals surface area contributed by atoms with Gasteiger partial charge in [0, 0.05) is 18.8 Å². The van der Waals surface area contributed by atoms with Crippen molar-refractivity contribution >= 4 is 17.6 Å². The van der Waals surface area contributed by atoms with Gasteiger partial charge in [0.1, 0.15) is 0 Å². The van der Waals surface area contributed by atoms with Gasteiger partial charge in [0.05, 0.1) is 0 Å². The number of carbonyl (C=O) groups is 2. The van der Waals surface area contributed by atoms with E-state index in [1.165, 1.54) is 20.0 Å². The summed E-state index contributed by atoms with van der Waals surface area (Å²) < 4.78 is 18.7. The van der Waals surface area contributed by atoms with Crippen LogP contribution in [-0.4, -0.2) is 25.1 Å². The van der Waals surface area contributed by atoms with Gasteiger partial charge in [0.2, 0.25) is 0 Å². The van der Waals surface area contributed by atoms with Crippen LogP contribution in [0.25, 0.3) is 0 Å². The Hall–Kier alpha value is -2.31. The zero-order chi connectivity index (χ0) is 14.6. The number of carbonyl (C=O) groups excluding carboxylic acids is 2. The number of ether oxygens (including phenoxy) is 1. The number of anilines is 1. The summed E-state index contributed by atoms with van der Waals surface area (Å²) in [7, 11) is 1.37. The predicted molar refractivity (Wildman–Crippen MR) is 68.2 cm³/mol. The van der Waals surface area contributed by atoms with Crippen molar-refractivity contribution in [1.29, 1.82) is 0 Å². The highest BCUT2D eigenvalue weighted by Gasteiger charge is 2.19. The lowest BCUT2D eigenvalue weighted by molar-refractivity contribution is -0.126. The van der Waals surface area contributed by atoms with Gasteiger partial charge in [0.25, 0.3) is 5.91 Å². The van der Waals surface area contributed by atoms with Crippen molar-refractivity contribution < 1.29 is 18.7 Å². The third-order valence-electron chi connectivity index (χ3n) is 2.46. The highest BCUT2D eigenvalue weighted by atomic mass is 19.1. The Labute approximate surface area is 110 Å². The maximum atomic E-state index is 13.6. The molecule has 6 nitrogen and oxygen atoms in total. The van der Waals surface area contributed by atoms with Crippen LogP contribution >= 0.6 is 0 Å². The highest BCUT2D eigenvalue weighted by Crippen LogP contribution is 2.24.